The Kier molecular flexibility index (Phi) is 4.76. The fourth-order valence-corrected chi connectivity index (χ4v) is 3.06. The summed E-state index contributed by atoms with van der Waals surface area (Å²) in [5.74, 6) is 1.81. The third-order valence-corrected chi connectivity index (χ3v) is 4.34. The second kappa shape index (κ2) is 6.95. The molecule has 1 atom stereocenters. The van der Waals surface area contributed by atoms with Crippen LogP contribution in [-0.4, -0.2) is 38.6 Å². The molecule has 0 bridgehead atoms. The number of nitrogens with one attached hydrogen (secondary N) is 2. The summed E-state index contributed by atoms with van der Waals surface area (Å²) in [6.07, 6.45) is 7.15. The molecule has 0 aliphatic carbocycles. The van der Waals surface area contributed by atoms with Gasteiger partial charge in [0, 0.05) is 32.2 Å². The molecule has 0 aromatic carbocycles. The van der Waals surface area contributed by atoms with Gasteiger partial charge in [-0.25, -0.2) is 9.97 Å². The van der Waals surface area contributed by atoms with Crippen molar-refractivity contribution in [1.82, 2.24) is 24.8 Å². The van der Waals surface area contributed by atoms with E-state index >= 15 is 0 Å². The predicted molar refractivity (Wildman–Crippen MR) is 85.0 cm³/mol. The Morgan fingerprint density at radius 2 is 2.26 bits per heavy atom. The van der Waals surface area contributed by atoms with Gasteiger partial charge in [0.05, 0.1) is 12.2 Å². The molecule has 7 nitrogen and oxygen atoms in total. The van der Waals surface area contributed by atoms with Gasteiger partial charge >= 0.3 is 0 Å². The van der Waals surface area contributed by atoms with Crippen molar-refractivity contribution in [2.75, 3.05) is 13.2 Å². The topological polar surface area (TPSA) is 84.8 Å². The summed E-state index contributed by atoms with van der Waals surface area (Å²) < 4.78 is 7.54. The molecule has 1 amide bonds. The number of aromatic nitrogens is 4. The van der Waals surface area contributed by atoms with Crippen molar-refractivity contribution in [1.29, 1.82) is 0 Å². The van der Waals surface area contributed by atoms with Crippen molar-refractivity contribution in [2.24, 2.45) is 5.92 Å². The van der Waals surface area contributed by atoms with Crippen molar-refractivity contribution in [3.63, 3.8) is 0 Å². The van der Waals surface area contributed by atoms with E-state index in [0.29, 0.717) is 11.6 Å². The number of rotatable bonds is 5. The highest BCUT2D eigenvalue weighted by molar-refractivity contribution is 5.92. The molecule has 0 saturated carbocycles. The number of imidazole rings is 2. The highest BCUT2D eigenvalue weighted by Gasteiger charge is 2.30. The molecular formula is C16H23N5O2. The van der Waals surface area contributed by atoms with Gasteiger partial charge in [-0.1, -0.05) is 0 Å². The molecule has 1 saturated heterocycles. The Hall–Kier alpha value is -2.15. The fraction of sp³-hybridized carbons (Fsp3) is 0.562. The Bertz CT molecular complexity index is 657. The van der Waals surface area contributed by atoms with Crippen LogP contribution < -0.4 is 5.32 Å². The van der Waals surface area contributed by atoms with E-state index in [1.54, 1.807) is 12.4 Å². The third-order valence-electron chi connectivity index (χ3n) is 4.34. The van der Waals surface area contributed by atoms with Crippen LogP contribution in [0.5, 0.6) is 0 Å². The van der Waals surface area contributed by atoms with E-state index in [9.17, 15) is 4.79 Å². The minimum Gasteiger partial charge on any atom is -0.381 e. The van der Waals surface area contributed by atoms with Crippen molar-refractivity contribution >= 4 is 5.91 Å². The van der Waals surface area contributed by atoms with Gasteiger partial charge < -0.3 is 19.6 Å². The highest BCUT2D eigenvalue weighted by Crippen LogP contribution is 2.29. The average Bonchev–Trinajstić information content (AvgIpc) is 3.21. The van der Waals surface area contributed by atoms with Crippen LogP contribution >= 0.6 is 0 Å². The van der Waals surface area contributed by atoms with E-state index in [0.717, 1.165) is 44.2 Å². The lowest BCUT2D eigenvalue weighted by molar-refractivity contribution is 0.0497. The highest BCUT2D eigenvalue weighted by atomic mass is 16.5. The lowest BCUT2D eigenvalue weighted by atomic mass is 9.91. The monoisotopic (exact) mass is 317 g/mol. The zero-order valence-corrected chi connectivity index (χ0v) is 13.6. The van der Waals surface area contributed by atoms with E-state index in [1.807, 2.05) is 13.1 Å². The Balaban J connectivity index is 1.84. The molecule has 23 heavy (non-hydrogen) atoms. The number of nitrogens with zero attached hydrogens (tertiary/aromatic N) is 3. The zero-order chi connectivity index (χ0) is 16.2. The first kappa shape index (κ1) is 15.7. The molecule has 3 rings (SSSR count). The molecule has 1 aliphatic heterocycles. The van der Waals surface area contributed by atoms with Crippen LogP contribution in [0.15, 0.2) is 18.6 Å². The van der Waals surface area contributed by atoms with Crippen LogP contribution in [0.2, 0.25) is 0 Å². The second-order valence-corrected chi connectivity index (χ2v) is 5.85. The molecule has 2 N–H and O–H groups in total. The zero-order valence-electron chi connectivity index (χ0n) is 13.6. The quantitative estimate of drug-likeness (QED) is 0.881. The number of amides is 1. The molecule has 0 radical (unpaired) electrons. The van der Waals surface area contributed by atoms with Gasteiger partial charge in [-0.15, -0.1) is 0 Å². The fourth-order valence-electron chi connectivity index (χ4n) is 3.06. The SMILES string of the molecule is CCn1ccnc1[C@@H](NC(=O)c1cnc(C)[nH]1)C1CCOCC1. The van der Waals surface area contributed by atoms with Gasteiger partial charge in [0.25, 0.3) is 5.91 Å². The van der Waals surface area contributed by atoms with Crippen molar-refractivity contribution in [3.8, 4) is 0 Å². The van der Waals surface area contributed by atoms with Crippen LogP contribution in [0.1, 0.15) is 47.9 Å². The molecule has 7 heteroatoms. The van der Waals surface area contributed by atoms with Gasteiger partial charge in [0.15, 0.2) is 0 Å². The van der Waals surface area contributed by atoms with Crippen LogP contribution in [0.25, 0.3) is 0 Å². The number of hydrogen-bond donors (Lipinski definition) is 2. The number of ether oxygens (including phenoxy) is 1. The lowest BCUT2D eigenvalue weighted by Gasteiger charge is -2.30. The molecule has 2 aromatic heterocycles. The summed E-state index contributed by atoms with van der Waals surface area (Å²) >= 11 is 0. The molecule has 3 heterocycles. The maximum Gasteiger partial charge on any atom is 0.269 e. The first-order valence-electron chi connectivity index (χ1n) is 8.10. The Labute approximate surface area is 135 Å². The predicted octanol–water partition coefficient (Wildman–Crippen LogP) is 1.83. The number of hydrogen-bond acceptors (Lipinski definition) is 4. The standard InChI is InChI=1S/C16H23N5O2/c1-3-21-7-6-17-15(21)14(12-4-8-23-9-5-12)20-16(22)13-10-18-11(2)19-13/h6-7,10,12,14H,3-5,8-9H2,1-2H3,(H,18,19)(H,20,22)/t14-/m0/s1. The van der Waals surface area contributed by atoms with Crippen molar-refractivity contribution in [3.05, 3.63) is 35.9 Å². The van der Waals surface area contributed by atoms with E-state index in [-0.39, 0.29) is 11.9 Å². The molecule has 0 spiro atoms. The molecule has 1 aliphatic rings. The Morgan fingerprint density at radius 1 is 1.48 bits per heavy atom. The number of aryl methyl sites for hydroxylation is 2. The van der Waals surface area contributed by atoms with Crippen LogP contribution in [-0.2, 0) is 11.3 Å². The lowest BCUT2D eigenvalue weighted by Crippen LogP contribution is -2.37. The van der Waals surface area contributed by atoms with E-state index in [1.165, 1.54) is 0 Å². The number of carbonyl (C=O) groups is 1. The first-order chi connectivity index (χ1) is 11.2. The summed E-state index contributed by atoms with van der Waals surface area (Å²) in [4.78, 5) is 24.1. The van der Waals surface area contributed by atoms with Crippen LogP contribution in [0.3, 0.4) is 0 Å². The largest absolute Gasteiger partial charge is 0.381 e. The van der Waals surface area contributed by atoms with Gasteiger partial charge in [-0.2, -0.15) is 0 Å². The third kappa shape index (κ3) is 3.44. The minimum atomic E-state index is -0.146. The van der Waals surface area contributed by atoms with Crippen LogP contribution in [0, 0.1) is 12.8 Å². The van der Waals surface area contributed by atoms with Gasteiger partial charge in [0.2, 0.25) is 0 Å². The first-order valence-corrected chi connectivity index (χ1v) is 8.10. The summed E-state index contributed by atoms with van der Waals surface area (Å²) in [5, 5.41) is 3.14. The van der Waals surface area contributed by atoms with Gasteiger partial charge in [0.1, 0.15) is 17.3 Å². The van der Waals surface area contributed by atoms with Crippen molar-refractivity contribution in [2.45, 2.75) is 39.3 Å². The molecular weight excluding hydrogens is 294 g/mol. The maximum absolute atomic E-state index is 12.6. The summed E-state index contributed by atoms with van der Waals surface area (Å²) in [6.45, 7) is 6.19. The Morgan fingerprint density at radius 3 is 2.91 bits per heavy atom. The van der Waals surface area contributed by atoms with Gasteiger partial charge in [-0.3, -0.25) is 4.79 Å². The molecule has 2 aromatic rings. The summed E-state index contributed by atoms with van der Waals surface area (Å²) in [5.41, 5.74) is 0.481. The summed E-state index contributed by atoms with van der Waals surface area (Å²) in [6, 6.07) is -0.120. The molecule has 124 valence electrons. The maximum atomic E-state index is 12.6. The average molecular weight is 317 g/mol. The minimum absolute atomic E-state index is 0.120. The molecule has 0 unspecified atom stereocenters. The number of aromatic amines is 1. The smallest absolute Gasteiger partial charge is 0.269 e. The normalized spacial score (nSPS) is 17.1. The number of carbonyl (C=O) groups excluding carboxylic acids is 1. The van der Waals surface area contributed by atoms with E-state index in [2.05, 4.69) is 31.8 Å². The van der Waals surface area contributed by atoms with Gasteiger partial charge in [-0.05, 0) is 32.6 Å². The van der Waals surface area contributed by atoms with E-state index < -0.39 is 0 Å². The summed E-state index contributed by atoms with van der Waals surface area (Å²) in [7, 11) is 0. The number of H-pyrrole nitrogens is 1. The van der Waals surface area contributed by atoms with E-state index in [4.69, 9.17) is 4.74 Å². The molecule has 1 fully saturated rings. The van der Waals surface area contributed by atoms with Crippen LogP contribution in [0.4, 0.5) is 0 Å². The second-order valence-electron chi connectivity index (χ2n) is 5.85. The van der Waals surface area contributed by atoms with Crippen molar-refractivity contribution < 1.29 is 9.53 Å².